The van der Waals surface area contributed by atoms with Crippen molar-refractivity contribution in [1.82, 2.24) is 20.5 Å². The second-order valence-corrected chi connectivity index (χ2v) is 6.01. The van der Waals surface area contributed by atoms with E-state index in [1.165, 1.54) is 0 Å². The highest BCUT2D eigenvalue weighted by Crippen LogP contribution is 2.36. The molecule has 2 aromatic rings. The molecule has 24 heavy (non-hydrogen) atoms. The van der Waals surface area contributed by atoms with Crippen molar-refractivity contribution in [2.45, 2.75) is 45.3 Å². The molecule has 1 amide bonds. The van der Waals surface area contributed by atoms with Crippen molar-refractivity contribution in [3.63, 3.8) is 0 Å². The zero-order chi connectivity index (χ0) is 17.5. The van der Waals surface area contributed by atoms with Crippen molar-refractivity contribution in [3.05, 3.63) is 34.8 Å². The molecule has 0 aliphatic heterocycles. The minimum atomic E-state index is -4.52. The summed E-state index contributed by atoms with van der Waals surface area (Å²) in [6, 6.07) is -0.445. The number of fused-ring (bicyclic) bond motifs is 1. The summed E-state index contributed by atoms with van der Waals surface area (Å²) in [5.41, 5.74) is -0.373. The first kappa shape index (κ1) is 16.5. The molecule has 2 unspecified atom stereocenters. The molecule has 0 spiro atoms. The van der Waals surface area contributed by atoms with Gasteiger partial charge in [-0.3, -0.25) is 9.89 Å². The number of alkyl halides is 3. The number of nitrogens with one attached hydrogen (secondary N) is 2. The Bertz CT molecular complexity index is 750. The molecule has 6 nitrogen and oxygen atoms in total. The fourth-order valence-electron chi connectivity index (χ4n) is 2.92. The van der Waals surface area contributed by atoms with E-state index in [0.717, 1.165) is 0 Å². The molecule has 1 aliphatic carbocycles. The van der Waals surface area contributed by atoms with Crippen molar-refractivity contribution in [1.29, 1.82) is 0 Å². The molecule has 2 aromatic heterocycles. The standard InChI is InChI=1S/C15H17F3N4O2/c1-7-6-19-14(24-7)8(2)20-13(23)9-3-4-11-10(5-9)12(22-21-11)15(16,17)18/h6,8-9H,3-5H2,1-2H3,(H,20,23)(H,21,22). The lowest BCUT2D eigenvalue weighted by Gasteiger charge is -2.23. The van der Waals surface area contributed by atoms with Crippen LogP contribution in [0.15, 0.2) is 10.6 Å². The summed E-state index contributed by atoms with van der Waals surface area (Å²) >= 11 is 0. The number of nitrogens with zero attached hydrogens (tertiary/aromatic N) is 2. The smallest absolute Gasteiger partial charge is 0.435 e. The van der Waals surface area contributed by atoms with Crippen molar-refractivity contribution >= 4 is 5.91 Å². The number of hydrogen-bond donors (Lipinski definition) is 2. The number of carbonyl (C=O) groups is 1. The van der Waals surface area contributed by atoms with Crippen molar-refractivity contribution in [2.24, 2.45) is 5.92 Å². The van der Waals surface area contributed by atoms with Crippen molar-refractivity contribution in [3.8, 4) is 0 Å². The molecule has 0 saturated heterocycles. The molecule has 0 fully saturated rings. The molecular weight excluding hydrogens is 325 g/mol. The number of amides is 1. The molecular formula is C15H17F3N4O2. The second kappa shape index (κ2) is 5.95. The Balaban J connectivity index is 1.70. The molecule has 2 heterocycles. The van der Waals surface area contributed by atoms with Crippen molar-refractivity contribution in [2.75, 3.05) is 0 Å². The van der Waals surface area contributed by atoms with Gasteiger partial charge >= 0.3 is 6.18 Å². The van der Waals surface area contributed by atoms with E-state index in [1.54, 1.807) is 20.0 Å². The van der Waals surface area contributed by atoms with E-state index in [4.69, 9.17) is 4.42 Å². The Kier molecular flexibility index (Phi) is 4.10. The Hall–Kier alpha value is -2.32. The first-order chi connectivity index (χ1) is 11.3. The average Bonchev–Trinajstić information content (AvgIpc) is 3.11. The zero-order valence-corrected chi connectivity index (χ0v) is 13.2. The van der Waals surface area contributed by atoms with Crippen LogP contribution in [0.2, 0.25) is 0 Å². The van der Waals surface area contributed by atoms with Crippen LogP contribution in [0, 0.1) is 12.8 Å². The van der Waals surface area contributed by atoms with Gasteiger partial charge in [-0.25, -0.2) is 4.98 Å². The van der Waals surface area contributed by atoms with Gasteiger partial charge in [-0.15, -0.1) is 0 Å². The highest BCUT2D eigenvalue weighted by molar-refractivity contribution is 5.79. The second-order valence-electron chi connectivity index (χ2n) is 6.01. The number of oxazole rings is 1. The molecule has 3 rings (SSSR count). The molecule has 9 heteroatoms. The molecule has 0 saturated carbocycles. The van der Waals surface area contributed by atoms with Gasteiger partial charge in [0.25, 0.3) is 0 Å². The quantitative estimate of drug-likeness (QED) is 0.898. The van der Waals surface area contributed by atoms with Crippen LogP contribution in [0.4, 0.5) is 13.2 Å². The monoisotopic (exact) mass is 342 g/mol. The highest BCUT2D eigenvalue weighted by Gasteiger charge is 2.40. The fraction of sp³-hybridized carbons (Fsp3) is 0.533. The van der Waals surface area contributed by atoms with E-state index in [9.17, 15) is 18.0 Å². The summed E-state index contributed by atoms with van der Waals surface area (Å²) in [6.45, 7) is 3.46. The maximum atomic E-state index is 13.0. The van der Waals surface area contributed by atoms with E-state index in [0.29, 0.717) is 30.2 Å². The van der Waals surface area contributed by atoms with Gasteiger partial charge < -0.3 is 9.73 Å². The minimum Gasteiger partial charge on any atom is -0.444 e. The predicted molar refractivity (Wildman–Crippen MR) is 76.9 cm³/mol. The summed E-state index contributed by atoms with van der Waals surface area (Å²) in [4.78, 5) is 16.4. The summed E-state index contributed by atoms with van der Waals surface area (Å²) in [5.74, 6) is 0.159. The van der Waals surface area contributed by atoms with Gasteiger partial charge in [-0.05, 0) is 33.1 Å². The van der Waals surface area contributed by atoms with Gasteiger partial charge in [0.2, 0.25) is 11.8 Å². The van der Waals surface area contributed by atoms with E-state index < -0.39 is 23.8 Å². The maximum Gasteiger partial charge on any atom is 0.435 e. The van der Waals surface area contributed by atoms with Crippen LogP contribution in [0.25, 0.3) is 0 Å². The van der Waals surface area contributed by atoms with Gasteiger partial charge in [0.1, 0.15) is 11.8 Å². The molecule has 0 radical (unpaired) electrons. The normalized spacial score (nSPS) is 19.0. The summed E-state index contributed by atoms with van der Waals surface area (Å²) in [5, 5.41) is 8.56. The topological polar surface area (TPSA) is 83.8 Å². The lowest BCUT2D eigenvalue weighted by Crippen LogP contribution is -2.36. The number of carbonyl (C=O) groups excluding carboxylic acids is 1. The van der Waals surface area contributed by atoms with Gasteiger partial charge in [-0.1, -0.05) is 0 Å². The van der Waals surface area contributed by atoms with Crippen LogP contribution in [-0.4, -0.2) is 21.1 Å². The minimum absolute atomic E-state index is 0.0177. The van der Waals surface area contributed by atoms with Gasteiger partial charge in [0.05, 0.1) is 6.20 Å². The van der Waals surface area contributed by atoms with E-state index in [1.807, 2.05) is 0 Å². The Morgan fingerprint density at radius 2 is 2.25 bits per heavy atom. The van der Waals surface area contributed by atoms with E-state index in [2.05, 4.69) is 20.5 Å². The summed E-state index contributed by atoms with van der Waals surface area (Å²) in [7, 11) is 0. The maximum absolute atomic E-state index is 13.0. The van der Waals surface area contributed by atoms with E-state index in [-0.39, 0.29) is 17.9 Å². The third-order valence-electron chi connectivity index (χ3n) is 4.15. The molecule has 0 bridgehead atoms. The first-order valence-corrected chi connectivity index (χ1v) is 7.61. The molecule has 2 N–H and O–H groups in total. The van der Waals surface area contributed by atoms with Crippen LogP contribution in [0.3, 0.4) is 0 Å². The Labute approximate surface area is 135 Å². The van der Waals surface area contributed by atoms with Crippen LogP contribution >= 0.6 is 0 Å². The lowest BCUT2D eigenvalue weighted by atomic mass is 9.85. The molecule has 2 atom stereocenters. The van der Waals surface area contributed by atoms with E-state index >= 15 is 0 Å². The number of H-pyrrole nitrogens is 1. The summed E-state index contributed by atoms with van der Waals surface area (Å²) in [6.07, 6.45) is -2.13. The largest absolute Gasteiger partial charge is 0.444 e. The Morgan fingerprint density at radius 3 is 2.88 bits per heavy atom. The molecule has 0 aromatic carbocycles. The number of halogens is 3. The zero-order valence-electron chi connectivity index (χ0n) is 13.2. The van der Waals surface area contributed by atoms with Crippen LogP contribution in [0.5, 0.6) is 0 Å². The number of aromatic amines is 1. The van der Waals surface area contributed by atoms with Crippen LogP contribution < -0.4 is 5.32 Å². The number of aryl methyl sites for hydroxylation is 2. The Morgan fingerprint density at radius 1 is 1.50 bits per heavy atom. The third kappa shape index (κ3) is 3.15. The van der Waals surface area contributed by atoms with Gasteiger partial charge in [0, 0.05) is 17.2 Å². The first-order valence-electron chi connectivity index (χ1n) is 7.61. The van der Waals surface area contributed by atoms with Gasteiger partial charge in [-0.2, -0.15) is 18.3 Å². The third-order valence-corrected chi connectivity index (χ3v) is 4.15. The van der Waals surface area contributed by atoms with Crippen LogP contribution in [-0.2, 0) is 23.8 Å². The highest BCUT2D eigenvalue weighted by atomic mass is 19.4. The predicted octanol–water partition coefficient (Wildman–Crippen LogP) is 2.71. The molecule has 1 aliphatic rings. The number of hydrogen-bond acceptors (Lipinski definition) is 4. The molecule has 130 valence electrons. The SMILES string of the molecule is Cc1cnc(C(C)NC(=O)C2CCc3[nH]nc(C(F)(F)F)c3C2)o1. The fourth-order valence-corrected chi connectivity index (χ4v) is 2.92. The van der Waals surface area contributed by atoms with Crippen LogP contribution in [0.1, 0.15) is 48.0 Å². The average molecular weight is 342 g/mol. The lowest BCUT2D eigenvalue weighted by molar-refractivity contribution is -0.142. The van der Waals surface area contributed by atoms with Gasteiger partial charge in [0.15, 0.2) is 5.69 Å². The number of aromatic nitrogens is 3. The number of rotatable bonds is 3. The van der Waals surface area contributed by atoms with Crippen molar-refractivity contribution < 1.29 is 22.4 Å². The summed E-state index contributed by atoms with van der Waals surface area (Å²) < 4.78 is 44.3.